The molecular formula is C24H34N2OS. The second-order valence-corrected chi connectivity index (χ2v) is 8.48. The van der Waals surface area contributed by atoms with Crippen molar-refractivity contribution in [1.29, 1.82) is 0 Å². The molecule has 0 spiro atoms. The van der Waals surface area contributed by atoms with Crippen LogP contribution in [-0.2, 0) is 0 Å². The molecule has 1 atom stereocenters. The van der Waals surface area contributed by atoms with Gasteiger partial charge in [-0.3, -0.25) is 4.79 Å². The summed E-state index contributed by atoms with van der Waals surface area (Å²) in [4.78, 5) is 13.9. The summed E-state index contributed by atoms with van der Waals surface area (Å²) in [6.45, 7) is 4.53. The zero-order valence-electron chi connectivity index (χ0n) is 17.5. The molecule has 152 valence electrons. The van der Waals surface area contributed by atoms with E-state index in [1.807, 2.05) is 24.3 Å². The lowest BCUT2D eigenvalue weighted by atomic mass is 10.1. The van der Waals surface area contributed by atoms with Crippen molar-refractivity contribution in [1.82, 2.24) is 5.32 Å². The van der Waals surface area contributed by atoms with Crippen molar-refractivity contribution in [2.75, 3.05) is 12.4 Å². The summed E-state index contributed by atoms with van der Waals surface area (Å²) in [6.07, 6.45) is 9.31. The van der Waals surface area contributed by atoms with Crippen molar-refractivity contribution >= 4 is 23.4 Å². The molecule has 0 heterocycles. The molecule has 1 amide bonds. The molecule has 0 aliphatic carbocycles. The second-order valence-electron chi connectivity index (χ2n) is 7.33. The van der Waals surface area contributed by atoms with E-state index in [2.05, 4.69) is 48.7 Å². The van der Waals surface area contributed by atoms with E-state index in [0.717, 1.165) is 4.90 Å². The molecule has 0 fully saturated rings. The summed E-state index contributed by atoms with van der Waals surface area (Å²) in [7, 11) is 1.65. The molecule has 0 saturated heterocycles. The molecule has 3 nitrogen and oxygen atoms in total. The van der Waals surface area contributed by atoms with Crippen molar-refractivity contribution in [2.24, 2.45) is 0 Å². The van der Waals surface area contributed by atoms with Gasteiger partial charge in [-0.25, -0.2) is 0 Å². The maximum atomic E-state index is 11.6. The number of benzene rings is 2. The predicted molar refractivity (Wildman–Crippen MR) is 121 cm³/mol. The number of hydrogen-bond acceptors (Lipinski definition) is 3. The fourth-order valence-electron chi connectivity index (χ4n) is 3.16. The first kappa shape index (κ1) is 22.4. The summed E-state index contributed by atoms with van der Waals surface area (Å²) in [5.41, 5.74) is 1.86. The Morgan fingerprint density at radius 2 is 1.46 bits per heavy atom. The van der Waals surface area contributed by atoms with Crippen LogP contribution in [0.3, 0.4) is 0 Å². The third kappa shape index (κ3) is 7.97. The van der Waals surface area contributed by atoms with Crippen LogP contribution in [0.25, 0.3) is 0 Å². The van der Waals surface area contributed by atoms with Crippen molar-refractivity contribution < 1.29 is 4.79 Å². The lowest BCUT2D eigenvalue weighted by Gasteiger charge is -2.15. The van der Waals surface area contributed by atoms with E-state index in [1.54, 1.807) is 18.8 Å². The zero-order chi connectivity index (χ0) is 20.2. The molecule has 0 saturated carbocycles. The molecule has 2 N–H and O–H groups in total. The highest BCUT2D eigenvalue weighted by Gasteiger charge is 2.05. The topological polar surface area (TPSA) is 41.1 Å². The standard InChI is InChI=1S/C24H34N2OS/c1-4-5-6-7-8-9-10-19(2)26-21-13-17-23(18-14-21)28-22-15-11-20(12-16-22)24(27)25-3/h11-19,26H,4-10H2,1-3H3,(H,25,27). The third-order valence-electron chi connectivity index (χ3n) is 4.84. The molecule has 0 aliphatic heterocycles. The zero-order valence-corrected chi connectivity index (χ0v) is 18.3. The molecule has 0 aromatic heterocycles. The van der Waals surface area contributed by atoms with Gasteiger partial charge in [0, 0.05) is 34.1 Å². The molecule has 4 heteroatoms. The van der Waals surface area contributed by atoms with Crippen LogP contribution >= 0.6 is 11.8 Å². The van der Waals surface area contributed by atoms with Gasteiger partial charge in [-0.15, -0.1) is 0 Å². The first-order valence-corrected chi connectivity index (χ1v) is 11.3. The van der Waals surface area contributed by atoms with Gasteiger partial charge in [0.05, 0.1) is 0 Å². The largest absolute Gasteiger partial charge is 0.383 e. The summed E-state index contributed by atoms with van der Waals surface area (Å²) < 4.78 is 0. The van der Waals surface area contributed by atoms with Crippen molar-refractivity contribution in [3.05, 3.63) is 54.1 Å². The number of amides is 1. The Kier molecular flexibility index (Phi) is 9.98. The van der Waals surface area contributed by atoms with E-state index >= 15 is 0 Å². The molecule has 28 heavy (non-hydrogen) atoms. The van der Waals surface area contributed by atoms with Gasteiger partial charge in [0.15, 0.2) is 0 Å². The van der Waals surface area contributed by atoms with E-state index in [-0.39, 0.29) is 5.91 Å². The number of carbonyl (C=O) groups is 1. The molecule has 1 unspecified atom stereocenters. The average Bonchev–Trinajstić information content (AvgIpc) is 2.72. The molecule has 2 aromatic rings. The number of unbranched alkanes of at least 4 members (excludes halogenated alkanes) is 5. The first-order valence-electron chi connectivity index (χ1n) is 10.5. The van der Waals surface area contributed by atoms with E-state index in [4.69, 9.17) is 0 Å². The second kappa shape index (κ2) is 12.5. The summed E-state index contributed by atoms with van der Waals surface area (Å²) in [6, 6.07) is 16.8. The van der Waals surface area contributed by atoms with Crippen LogP contribution in [0.2, 0.25) is 0 Å². The van der Waals surface area contributed by atoms with Crippen LogP contribution in [0.1, 0.15) is 69.2 Å². The minimum absolute atomic E-state index is 0.0537. The predicted octanol–water partition coefficient (Wildman–Crippen LogP) is 6.75. The molecule has 2 aromatic carbocycles. The number of anilines is 1. The van der Waals surface area contributed by atoms with Gasteiger partial charge in [-0.2, -0.15) is 0 Å². The van der Waals surface area contributed by atoms with Crippen LogP contribution in [0.15, 0.2) is 58.3 Å². The lowest BCUT2D eigenvalue weighted by molar-refractivity contribution is 0.0963. The number of hydrogen-bond donors (Lipinski definition) is 2. The summed E-state index contributed by atoms with van der Waals surface area (Å²) in [5, 5.41) is 6.25. The van der Waals surface area contributed by atoms with Gasteiger partial charge in [0.25, 0.3) is 5.91 Å². The Bertz CT molecular complexity index is 698. The minimum Gasteiger partial charge on any atom is -0.383 e. The Balaban J connectivity index is 1.75. The lowest BCUT2D eigenvalue weighted by Crippen LogP contribution is -2.17. The van der Waals surface area contributed by atoms with E-state index in [1.165, 1.54) is 55.5 Å². The first-order chi connectivity index (χ1) is 13.6. The Morgan fingerprint density at radius 3 is 2.07 bits per heavy atom. The maximum Gasteiger partial charge on any atom is 0.251 e. The van der Waals surface area contributed by atoms with E-state index in [9.17, 15) is 4.79 Å². The van der Waals surface area contributed by atoms with Crippen molar-refractivity contribution in [3.8, 4) is 0 Å². The molecule has 0 bridgehead atoms. The summed E-state index contributed by atoms with van der Waals surface area (Å²) >= 11 is 1.71. The minimum atomic E-state index is -0.0537. The number of nitrogens with one attached hydrogen (secondary N) is 2. The van der Waals surface area contributed by atoms with Crippen LogP contribution in [0.4, 0.5) is 5.69 Å². The van der Waals surface area contributed by atoms with Gasteiger partial charge >= 0.3 is 0 Å². The Labute approximate surface area is 174 Å². The van der Waals surface area contributed by atoms with Gasteiger partial charge in [-0.1, -0.05) is 57.2 Å². The fraction of sp³-hybridized carbons (Fsp3) is 0.458. The molecule has 2 rings (SSSR count). The number of carbonyl (C=O) groups excluding carboxylic acids is 1. The normalized spacial score (nSPS) is 11.8. The van der Waals surface area contributed by atoms with E-state index in [0.29, 0.717) is 11.6 Å². The number of rotatable bonds is 12. The van der Waals surface area contributed by atoms with Crippen LogP contribution in [-0.4, -0.2) is 19.0 Å². The molecular weight excluding hydrogens is 364 g/mol. The molecule has 0 radical (unpaired) electrons. The highest BCUT2D eigenvalue weighted by atomic mass is 32.2. The highest BCUT2D eigenvalue weighted by molar-refractivity contribution is 7.99. The van der Waals surface area contributed by atoms with Gasteiger partial charge in [-0.05, 0) is 61.9 Å². The Morgan fingerprint density at radius 1 is 0.893 bits per heavy atom. The quantitative estimate of drug-likeness (QED) is 0.389. The third-order valence-corrected chi connectivity index (χ3v) is 5.85. The summed E-state index contributed by atoms with van der Waals surface area (Å²) in [5.74, 6) is -0.0537. The Hall–Kier alpha value is -1.94. The van der Waals surface area contributed by atoms with Crippen LogP contribution in [0.5, 0.6) is 0 Å². The maximum absolute atomic E-state index is 11.6. The monoisotopic (exact) mass is 398 g/mol. The van der Waals surface area contributed by atoms with Gasteiger partial charge in [0.2, 0.25) is 0 Å². The van der Waals surface area contributed by atoms with E-state index < -0.39 is 0 Å². The molecule has 0 aliphatic rings. The van der Waals surface area contributed by atoms with Crippen molar-refractivity contribution in [3.63, 3.8) is 0 Å². The SMILES string of the molecule is CCCCCCCCC(C)Nc1ccc(Sc2ccc(C(=O)NC)cc2)cc1. The van der Waals surface area contributed by atoms with Crippen molar-refractivity contribution in [2.45, 2.75) is 74.6 Å². The van der Waals surface area contributed by atoms with Crippen LogP contribution in [0, 0.1) is 0 Å². The van der Waals surface area contributed by atoms with Gasteiger partial charge in [0.1, 0.15) is 0 Å². The smallest absolute Gasteiger partial charge is 0.251 e. The van der Waals surface area contributed by atoms with Gasteiger partial charge < -0.3 is 10.6 Å². The average molecular weight is 399 g/mol. The highest BCUT2D eigenvalue weighted by Crippen LogP contribution is 2.29. The van der Waals surface area contributed by atoms with Crippen LogP contribution < -0.4 is 10.6 Å². The fourth-order valence-corrected chi connectivity index (χ4v) is 3.98.